The van der Waals surface area contributed by atoms with Crippen LogP contribution in [0.2, 0.25) is 5.02 Å². The standard InChI is InChI=1S/C21H20ClN5O2S/c1-3-27-20(15-11-23-16-7-5-4-6-14(15)16)25-26-21(27)30-12-19(28)24-17-10-13(22)8-9-18(17)29-2/h4-11,23H,3,12H2,1-2H3,(H,24,28). The van der Waals surface area contributed by atoms with Gasteiger partial charge < -0.3 is 19.6 Å². The second-order valence-corrected chi connectivity index (χ2v) is 7.86. The van der Waals surface area contributed by atoms with Crippen LogP contribution in [0.1, 0.15) is 6.92 Å². The molecule has 2 heterocycles. The van der Waals surface area contributed by atoms with Crippen LogP contribution in [0, 0.1) is 0 Å². The van der Waals surface area contributed by atoms with Gasteiger partial charge in [-0.1, -0.05) is 41.6 Å². The molecule has 0 saturated carbocycles. The number of nitrogens with one attached hydrogen (secondary N) is 2. The molecule has 0 aliphatic carbocycles. The molecule has 0 aliphatic heterocycles. The van der Waals surface area contributed by atoms with Crippen LogP contribution in [0.3, 0.4) is 0 Å². The van der Waals surface area contributed by atoms with E-state index >= 15 is 0 Å². The van der Waals surface area contributed by atoms with E-state index in [0.29, 0.717) is 28.2 Å². The van der Waals surface area contributed by atoms with Crippen LogP contribution < -0.4 is 10.1 Å². The van der Waals surface area contributed by atoms with Crippen molar-refractivity contribution in [3.63, 3.8) is 0 Å². The van der Waals surface area contributed by atoms with Crippen LogP contribution >= 0.6 is 23.4 Å². The lowest BCUT2D eigenvalue weighted by Gasteiger charge is -2.10. The zero-order chi connectivity index (χ0) is 21.1. The van der Waals surface area contributed by atoms with E-state index in [2.05, 4.69) is 26.6 Å². The lowest BCUT2D eigenvalue weighted by Crippen LogP contribution is -2.15. The Kier molecular flexibility index (Phi) is 5.96. The number of halogens is 1. The number of hydrogen-bond acceptors (Lipinski definition) is 5. The summed E-state index contributed by atoms with van der Waals surface area (Å²) in [6, 6.07) is 13.1. The third kappa shape index (κ3) is 4.01. The van der Waals surface area contributed by atoms with E-state index in [4.69, 9.17) is 16.3 Å². The fraction of sp³-hybridized carbons (Fsp3) is 0.190. The molecule has 0 aliphatic rings. The SMILES string of the molecule is CCn1c(SCC(=O)Nc2cc(Cl)ccc2OC)nnc1-c1c[nH]c2ccccc12. The van der Waals surface area contributed by atoms with E-state index in [1.54, 1.807) is 25.3 Å². The molecule has 0 saturated heterocycles. The second-order valence-electron chi connectivity index (χ2n) is 6.48. The average Bonchev–Trinajstić information content (AvgIpc) is 3.35. The molecular formula is C21H20ClN5O2S. The summed E-state index contributed by atoms with van der Waals surface area (Å²) in [6.07, 6.45) is 1.94. The van der Waals surface area contributed by atoms with Gasteiger partial charge in [-0.3, -0.25) is 4.79 Å². The summed E-state index contributed by atoms with van der Waals surface area (Å²) in [5, 5.41) is 13.8. The third-order valence-corrected chi connectivity index (χ3v) is 5.83. The maximum absolute atomic E-state index is 12.5. The number of methoxy groups -OCH3 is 1. The zero-order valence-electron chi connectivity index (χ0n) is 16.5. The highest BCUT2D eigenvalue weighted by atomic mass is 35.5. The lowest BCUT2D eigenvalue weighted by molar-refractivity contribution is -0.113. The van der Waals surface area contributed by atoms with Gasteiger partial charge in [0.25, 0.3) is 0 Å². The molecule has 7 nitrogen and oxygen atoms in total. The fourth-order valence-corrected chi connectivity index (χ4v) is 4.20. The molecule has 2 N–H and O–H groups in total. The second kappa shape index (κ2) is 8.81. The number of nitrogens with zero attached hydrogens (tertiary/aromatic N) is 3. The number of rotatable bonds is 7. The number of aromatic amines is 1. The summed E-state index contributed by atoms with van der Waals surface area (Å²) in [5.41, 5.74) is 2.56. The van der Waals surface area contributed by atoms with Gasteiger partial charge in [0, 0.05) is 34.2 Å². The van der Waals surface area contributed by atoms with Gasteiger partial charge in [-0.15, -0.1) is 10.2 Å². The van der Waals surface area contributed by atoms with Crippen molar-refractivity contribution >= 4 is 45.9 Å². The summed E-state index contributed by atoms with van der Waals surface area (Å²) in [5.74, 6) is 1.33. The average molecular weight is 442 g/mol. The molecular weight excluding hydrogens is 422 g/mol. The van der Waals surface area contributed by atoms with Gasteiger partial charge in [-0.2, -0.15) is 0 Å². The topological polar surface area (TPSA) is 84.8 Å². The van der Waals surface area contributed by atoms with Crippen molar-refractivity contribution in [1.82, 2.24) is 19.7 Å². The monoisotopic (exact) mass is 441 g/mol. The number of aromatic nitrogens is 4. The normalized spacial score (nSPS) is 11.0. The fourth-order valence-electron chi connectivity index (χ4n) is 3.23. The van der Waals surface area contributed by atoms with Crippen LogP contribution in [0.5, 0.6) is 5.75 Å². The molecule has 0 bridgehead atoms. The molecule has 30 heavy (non-hydrogen) atoms. The minimum absolute atomic E-state index is 0.181. The largest absolute Gasteiger partial charge is 0.495 e. The van der Waals surface area contributed by atoms with Crippen molar-refractivity contribution in [3.05, 3.63) is 53.7 Å². The summed E-state index contributed by atoms with van der Waals surface area (Å²) in [7, 11) is 1.55. The molecule has 0 atom stereocenters. The molecule has 4 aromatic rings. The van der Waals surface area contributed by atoms with Crippen molar-refractivity contribution in [2.75, 3.05) is 18.2 Å². The quantitative estimate of drug-likeness (QED) is 0.401. The first-order chi connectivity index (χ1) is 14.6. The molecule has 154 valence electrons. The summed E-state index contributed by atoms with van der Waals surface area (Å²) < 4.78 is 7.28. The maximum Gasteiger partial charge on any atom is 0.234 e. The molecule has 0 unspecified atom stereocenters. The number of anilines is 1. The first kappa shape index (κ1) is 20.3. The Morgan fingerprint density at radius 1 is 1.27 bits per heavy atom. The van der Waals surface area contributed by atoms with Gasteiger partial charge in [-0.05, 0) is 31.2 Å². The highest BCUT2D eigenvalue weighted by Gasteiger charge is 2.17. The van der Waals surface area contributed by atoms with E-state index in [-0.39, 0.29) is 11.7 Å². The van der Waals surface area contributed by atoms with Gasteiger partial charge in [-0.25, -0.2) is 0 Å². The lowest BCUT2D eigenvalue weighted by atomic mass is 10.1. The van der Waals surface area contributed by atoms with E-state index in [1.165, 1.54) is 11.8 Å². The molecule has 0 fully saturated rings. The van der Waals surface area contributed by atoms with Gasteiger partial charge in [0.2, 0.25) is 5.91 Å². The summed E-state index contributed by atoms with van der Waals surface area (Å²) in [6.45, 7) is 2.72. The maximum atomic E-state index is 12.5. The summed E-state index contributed by atoms with van der Waals surface area (Å²) in [4.78, 5) is 15.7. The first-order valence-corrected chi connectivity index (χ1v) is 10.7. The minimum atomic E-state index is -0.181. The Morgan fingerprint density at radius 3 is 2.90 bits per heavy atom. The molecule has 2 aromatic carbocycles. The van der Waals surface area contributed by atoms with Gasteiger partial charge in [0.15, 0.2) is 11.0 Å². The predicted octanol–water partition coefficient (Wildman–Crippen LogP) is 4.84. The zero-order valence-corrected chi connectivity index (χ0v) is 18.0. The van der Waals surface area contributed by atoms with Gasteiger partial charge >= 0.3 is 0 Å². The Labute approximate surface area is 182 Å². The highest BCUT2D eigenvalue weighted by Crippen LogP contribution is 2.31. The molecule has 0 radical (unpaired) electrons. The smallest absolute Gasteiger partial charge is 0.234 e. The van der Waals surface area contributed by atoms with E-state index in [9.17, 15) is 4.79 Å². The highest BCUT2D eigenvalue weighted by molar-refractivity contribution is 7.99. The van der Waals surface area contributed by atoms with E-state index in [0.717, 1.165) is 22.3 Å². The molecule has 2 aromatic heterocycles. The van der Waals surface area contributed by atoms with Crippen LogP contribution in [-0.4, -0.2) is 38.5 Å². The number of amides is 1. The number of benzene rings is 2. The van der Waals surface area contributed by atoms with Crippen molar-refractivity contribution in [1.29, 1.82) is 0 Å². The number of thioether (sulfide) groups is 1. The first-order valence-electron chi connectivity index (χ1n) is 9.36. The minimum Gasteiger partial charge on any atom is -0.495 e. The Balaban J connectivity index is 1.51. The van der Waals surface area contributed by atoms with Crippen molar-refractivity contribution < 1.29 is 9.53 Å². The van der Waals surface area contributed by atoms with Crippen molar-refractivity contribution in [2.24, 2.45) is 0 Å². The number of hydrogen-bond donors (Lipinski definition) is 2. The van der Waals surface area contributed by atoms with Gasteiger partial charge in [0.05, 0.1) is 18.6 Å². The van der Waals surface area contributed by atoms with Gasteiger partial charge in [0.1, 0.15) is 5.75 Å². The molecule has 4 rings (SSSR count). The number of para-hydroxylation sites is 1. The van der Waals surface area contributed by atoms with Crippen LogP contribution in [0.25, 0.3) is 22.3 Å². The number of carbonyl (C=O) groups is 1. The Hall–Kier alpha value is -2.97. The number of H-pyrrole nitrogens is 1. The Morgan fingerprint density at radius 2 is 2.10 bits per heavy atom. The van der Waals surface area contributed by atoms with E-state index in [1.807, 2.05) is 35.9 Å². The van der Waals surface area contributed by atoms with Crippen LogP contribution in [0.4, 0.5) is 5.69 Å². The Bertz CT molecular complexity index is 1200. The third-order valence-electron chi connectivity index (χ3n) is 4.63. The molecule has 9 heteroatoms. The van der Waals surface area contributed by atoms with Crippen molar-refractivity contribution in [3.8, 4) is 17.1 Å². The van der Waals surface area contributed by atoms with E-state index < -0.39 is 0 Å². The number of ether oxygens (including phenoxy) is 1. The van der Waals surface area contributed by atoms with Crippen molar-refractivity contribution in [2.45, 2.75) is 18.6 Å². The number of carbonyl (C=O) groups excluding carboxylic acids is 1. The van der Waals surface area contributed by atoms with Crippen LogP contribution in [0.15, 0.2) is 53.8 Å². The molecule has 1 amide bonds. The molecule has 0 spiro atoms. The number of fused-ring (bicyclic) bond motifs is 1. The van der Waals surface area contributed by atoms with Crippen LogP contribution in [-0.2, 0) is 11.3 Å². The summed E-state index contributed by atoms with van der Waals surface area (Å²) >= 11 is 7.36. The predicted molar refractivity (Wildman–Crippen MR) is 120 cm³/mol.